The highest BCUT2D eigenvalue weighted by molar-refractivity contribution is 7.99. The van der Waals surface area contributed by atoms with E-state index in [4.69, 9.17) is 4.74 Å². The van der Waals surface area contributed by atoms with Gasteiger partial charge in [-0.15, -0.1) is 0 Å². The Kier molecular flexibility index (Phi) is 6.90. The van der Waals surface area contributed by atoms with Gasteiger partial charge in [-0.1, -0.05) is 43.2 Å². The van der Waals surface area contributed by atoms with Crippen LogP contribution in [-0.2, 0) is 9.53 Å². The van der Waals surface area contributed by atoms with Crippen molar-refractivity contribution in [2.75, 3.05) is 19.5 Å². The molecule has 2 aromatic rings. The minimum Gasteiger partial charge on any atom is -0.383 e. The van der Waals surface area contributed by atoms with E-state index in [9.17, 15) is 9.59 Å². The minimum absolute atomic E-state index is 0.000234. The molecule has 1 N–H and O–H groups in total. The number of methoxy groups -OCH3 is 1. The summed E-state index contributed by atoms with van der Waals surface area (Å²) in [6, 6.07) is 7.43. The Morgan fingerprint density at radius 2 is 2.07 bits per heavy atom. The summed E-state index contributed by atoms with van der Waals surface area (Å²) in [4.78, 5) is 30.0. The first-order valence-corrected chi connectivity index (χ1v) is 10.5. The van der Waals surface area contributed by atoms with Gasteiger partial charge in [-0.05, 0) is 31.9 Å². The summed E-state index contributed by atoms with van der Waals surface area (Å²) in [7, 11) is 1.61. The molecule has 1 aromatic carbocycles. The van der Waals surface area contributed by atoms with Gasteiger partial charge in [-0.2, -0.15) is 0 Å². The Hall–Kier alpha value is -1.86. The molecule has 0 unspecified atom stereocenters. The topological polar surface area (TPSA) is 73.2 Å². The quantitative estimate of drug-likeness (QED) is 0.582. The lowest BCUT2D eigenvalue weighted by molar-refractivity contribution is -0.119. The number of rotatable bonds is 7. The molecule has 1 heterocycles. The first-order chi connectivity index (χ1) is 13.1. The van der Waals surface area contributed by atoms with Gasteiger partial charge in [-0.3, -0.25) is 14.2 Å². The SMILES string of the molecule is COC[C@@H](C)n1c(SCC(=O)NC2CCCCC2)nc2ccccc2c1=O. The number of fused-ring (bicyclic) bond motifs is 1. The van der Waals surface area contributed by atoms with Crippen LogP contribution >= 0.6 is 11.8 Å². The van der Waals surface area contributed by atoms with Crippen molar-refractivity contribution in [1.29, 1.82) is 0 Å². The van der Waals surface area contributed by atoms with Gasteiger partial charge in [0.15, 0.2) is 5.16 Å². The van der Waals surface area contributed by atoms with Crippen LogP contribution in [-0.4, -0.2) is 41.0 Å². The summed E-state index contributed by atoms with van der Waals surface area (Å²) in [5, 5.41) is 4.25. The zero-order valence-electron chi connectivity index (χ0n) is 15.9. The molecule has 1 aliphatic carbocycles. The summed E-state index contributed by atoms with van der Waals surface area (Å²) in [6.07, 6.45) is 5.73. The van der Waals surface area contributed by atoms with E-state index in [0.717, 1.165) is 12.8 Å². The second kappa shape index (κ2) is 9.37. The summed E-state index contributed by atoms with van der Waals surface area (Å²) in [6.45, 7) is 2.33. The van der Waals surface area contributed by atoms with Crippen LogP contribution in [0.1, 0.15) is 45.1 Å². The lowest BCUT2D eigenvalue weighted by atomic mass is 9.95. The van der Waals surface area contributed by atoms with Crippen molar-refractivity contribution in [3.8, 4) is 0 Å². The summed E-state index contributed by atoms with van der Waals surface area (Å²) in [5.41, 5.74) is 0.555. The van der Waals surface area contributed by atoms with Crippen LogP contribution in [0, 0.1) is 0 Å². The van der Waals surface area contributed by atoms with Crippen LogP contribution in [0.5, 0.6) is 0 Å². The largest absolute Gasteiger partial charge is 0.383 e. The number of nitrogens with zero attached hydrogens (tertiary/aromatic N) is 2. The molecule has 1 aromatic heterocycles. The highest BCUT2D eigenvalue weighted by Crippen LogP contribution is 2.22. The van der Waals surface area contributed by atoms with Gasteiger partial charge in [0.1, 0.15) is 0 Å². The number of thioether (sulfide) groups is 1. The average molecular weight is 390 g/mol. The van der Waals surface area contributed by atoms with Crippen molar-refractivity contribution < 1.29 is 9.53 Å². The number of amides is 1. The predicted molar refractivity (Wildman–Crippen MR) is 108 cm³/mol. The average Bonchev–Trinajstić information content (AvgIpc) is 2.67. The van der Waals surface area contributed by atoms with Gasteiger partial charge in [0.05, 0.1) is 29.3 Å². The van der Waals surface area contributed by atoms with E-state index in [2.05, 4.69) is 10.3 Å². The fourth-order valence-corrected chi connectivity index (χ4v) is 4.49. The highest BCUT2D eigenvalue weighted by Gasteiger charge is 2.19. The number of benzene rings is 1. The van der Waals surface area contributed by atoms with Crippen LogP contribution in [0.15, 0.2) is 34.2 Å². The Balaban J connectivity index is 1.80. The minimum atomic E-state index is -0.163. The van der Waals surface area contributed by atoms with E-state index >= 15 is 0 Å². The molecule has 0 aliphatic heterocycles. The molecule has 0 bridgehead atoms. The molecular weight excluding hydrogens is 362 g/mol. The molecule has 7 heteroatoms. The van der Waals surface area contributed by atoms with Crippen molar-refractivity contribution >= 4 is 28.6 Å². The number of hydrogen-bond acceptors (Lipinski definition) is 5. The molecule has 1 fully saturated rings. The molecule has 27 heavy (non-hydrogen) atoms. The molecule has 0 radical (unpaired) electrons. The standard InChI is InChI=1S/C20H27N3O3S/c1-14(12-26-2)23-19(25)16-10-6-7-11-17(16)22-20(23)27-13-18(24)21-15-8-4-3-5-9-15/h6-7,10-11,14-15H,3-5,8-9,12-13H2,1-2H3,(H,21,24)/t14-/m1/s1. The molecule has 6 nitrogen and oxygen atoms in total. The molecule has 146 valence electrons. The second-order valence-electron chi connectivity index (χ2n) is 7.08. The molecule has 1 amide bonds. The van der Waals surface area contributed by atoms with Crippen molar-refractivity contribution in [3.63, 3.8) is 0 Å². The van der Waals surface area contributed by atoms with Crippen LogP contribution < -0.4 is 10.9 Å². The maximum Gasteiger partial charge on any atom is 0.262 e. The third-order valence-corrected chi connectivity index (χ3v) is 5.88. The first-order valence-electron chi connectivity index (χ1n) is 9.52. The molecule has 1 saturated carbocycles. The summed E-state index contributed by atoms with van der Waals surface area (Å²) < 4.78 is 6.87. The normalized spacial score (nSPS) is 16.4. The molecule has 1 atom stereocenters. The van der Waals surface area contributed by atoms with Crippen LogP contribution in [0.3, 0.4) is 0 Å². The van der Waals surface area contributed by atoms with E-state index in [1.54, 1.807) is 17.7 Å². The van der Waals surface area contributed by atoms with Crippen LogP contribution in [0.2, 0.25) is 0 Å². The Labute approximate surface area is 163 Å². The number of ether oxygens (including phenoxy) is 1. The van der Waals surface area contributed by atoms with Gasteiger partial charge in [0.25, 0.3) is 5.56 Å². The fourth-order valence-electron chi connectivity index (χ4n) is 3.58. The zero-order chi connectivity index (χ0) is 19.2. The number of hydrogen-bond donors (Lipinski definition) is 1. The zero-order valence-corrected chi connectivity index (χ0v) is 16.8. The number of aromatic nitrogens is 2. The Morgan fingerprint density at radius 3 is 2.81 bits per heavy atom. The molecule has 1 aliphatic rings. The van der Waals surface area contributed by atoms with Gasteiger partial charge in [-0.25, -0.2) is 4.98 Å². The van der Waals surface area contributed by atoms with E-state index in [-0.39, 0.29) is 29.3 Å². The lowest BCUT2D eigenvalue weighted by Gasteiger charge is -2.23. The predicted octanol–water partition coefficient (Wildman–Crippen LogP) is 3.14. The molecular formula is C20H27N3O3S. The maximum absolute atomic E-state index is 13.0. The Bertz CT molecular complexity index is 846. The highest BCUT2D eigenvalue weighted by atomic mass is 32.2. The molecule has 0 spiro atoms. The smallest absolute Gasteiger partial charge is 0.262 e. The second-order valence-corrected chi connectivity index (χ2v) is 8.02. The number of carbonyl (C=O) groups is 1. The van der Waals surface area contributed by atoms with Crippen molar-refractivity contribution in [2.45, 2.75) is 56.3 Å². The number of nitrogens with one attached hydrogen (secondary N) is 1. The van der Waals surface area contributed by atoms with Crippen molar-refractivity contribution in [2.24, 2.45) is 0 Å². The van der Waals surface area contributed by atoms with Crippen molar-refractivity contribution in [3.05, 3.63) is 34.6 Å². The Morgan fingerprint density at radius 1 is 1.33 bits per heavy atom. The van der Waals surface area contributed by atoms with Gasteiger partial charge >= 0.3 is 0 Å². The van der Waals surface area contributed by atoms with Gasteiger partial charge in [0.2, 0.25) is 5.91 Å². The monoisotopic (exact) mass is 389 g/mol. The fraction of sp³-hybridized carbons (Fsp3) is 0.550. The van der Waals surface area contributed by atoms with Crippen molar-refractivity contribution in [1.82, 2.24) is 14.9 Å². The molecule has 0 saturated heterocycles. The van der Waals surface area contributed by atoms with E-state index in [1.807, 2.05) is 25.1 Å². The summed E-state index contributed by atoms with van der Waals surface area (Å²) in [5.74, 6) is 0.251. The van der Waals surface area contributed by atoms with Crippen LogP contribution in [0.4, 0.5) is 0 Å². The summed E-state index contributed by atoms with van der Waals surface area (Å²) >= 11 is 1.31. The first kappa shape index (κ1) is 19.9. The van der Waals surface area contributed by atoms with E-state index < -0.39 is 0 Å². The third kappa shape index (κ3) is 4.90. The lowest BCUT2D eigenvalue weighted by Crippen LogP contribution is -2.37. The van der Waals surface area contributed by atoms with Gasteiger partial charge < -0.3 is 10.1 Å². The molecule has 3 rings (SSSR count). The maximum atomic E-state index is 13.0. The van der Waals surface area contributed by atoms with E-state index in [1.165, 1.54) is 31.0 Å². The number of carbonyl (C=O) groups excluding carboxylic acids is 1. The van der Waals surface area contributed by atoms with Gasteiger partial charge in [0, 0.05) is 13.2 Å². The van der Waals surface area contributed by atoms with Crippen LogP contribution in [0.25, 0.3) is 10.9 Å². The third-order valence-electron chi connectivity index (χ3n) is 4.93. The number of para-hydroxylation sites is 1. The van der Waals surface area contributed by atoms with E-state index in [0.29, 0.717) is 22.7 Å².